The van der Waals surface area contributed by atoms with Gasteiger partial charge >= 0.3 is 6.09 Å². The van der Waals surface area contributed by atoms with Gasteiger partial charge in [-0.2, -0.15) is 10.4 Å². The molecule has 0 aliphatic carbocycles. The van der Waals surface area contributed by atoms with Gasteiger partial charge < -0.3 is 4.74 Å². The van der Waals surface area contributed by atoms with E-state index in [1.54, 1.807) is 37.7 Å². The fourth-order valence-corrected chi connectivity index (χ4v) is 1.90. The van der Waals surface area contributed by atoms with Crippen LogP contribution in [0.3, 0.4) is 0 Å². The first kappa shape index (κ1) is 15.6. The van der Waals surface area contributed by atoms with Crippen LogP contribution >= 0.6 is 0 Å². The molecule has 0 bridgehead atoms. The van der Waals surface area contributed by atoms with E-state index in [9.17, 15) is 4.79 Å². The molecule has 0 aliphatic rings. The summed E-state index contributed by atoms with van der Waals surface area (Å²) in [4.78, 5) is 13.6. The molecule has 22 heavy (non-hydrogen) atoms. The summed E-state index contributed by atoms with van der Waals surface area (Å²) in [6.07, 6.45) is 1.00. The maximum atomic E-state index is 12.3. The van der Waals surface area contributed by atoms with Crippen molar-refractivity contribution >= 4 is 11.9 Å². The van der Waals surface area contributed by atoms with E-state index in [0.29, 0.717) is 5.82 Å². The Bertz CT molecular complexity index is 680. The minimum Gasteiger partial charge on any atom is -0.443 e. The molecule has 0 radical (unpaired) electrons. The highest BCUT2D eigenvalue weighted by Gasteiger charge is 2.25. The number of para-hydroxylation sites is 1. The standard InChI is InChI=1S/C16H18N4O2/c1-16(2,3)22-15(21)19(12-10-17)14-9-11-18-20(14)13-7-5-4-6-8-13/h4-9,11H,12H2,1-3H3. The van der Waals surface area contributed by atoms with Crippen LogP contribution in [0.4, 0.5) is 10.6 Å². The molecule has 6 heteroatoms. The summed E-state index contributed by atoms with van der Waals surface area (Å²) in [5.74, 6) is 0.488. The number of amides is 1. The first-order chi connectivity index (χ1) is 10.4. The Hall–Kier alpha value is -2.81. The monoisotopic (exact) mass is 298 g/mol. The SMILES string of the molecule is CC(C)(C)OC(=O)N(CC#N)c1ccnn1-c1ccccc1. The van der Waals surface area contributed by atoms with Crippen molar-refractivity contribution in [3.63, 3.8) is 0 Å². The summed E-state index contributed by atoms with van der Waals surface area (Å²) in [6.45, 7) is 5.23. The zero-order valence-corrected chi connectivity index (χ0v) is 12.9. The molecule has 1 aromatic heterocycles. The number of ether oxygens (including phenoxy) is 1. The second-order valence-electron chi connectivity index (χ2n) is 5.66. The molecular weight excluding hydrogens is 280 g/mol. The fraction of sp³-hybridized carbons (Fsp3) is 0.312. The highest BCUT2D eigenvalue weighted by atomic mass is 16.6. The lowest BCUT2D eigenvalue weighted by Crippen LogP contribution is -2.38. The molecule has 1 aromatic carbocycles. The van der Waals surface area contributed by atoms with Crippen molar-refractivity contribution in [2.24, 2.45) is 0 Å². The minimum atomic E-state index is -0.637. The summed E-state index contributed by atoms with van der Waals surface area (Å²) < 4.78 is 6.96. The number of nitriles is 1. The van der Waals surface area contributed by atoms with Gasteiger partial charge in [0.05, 0.1) is 18.0 Å². The maximum Gasteiger partial charge on any atom is 0.416 e. The van der Waals surface area contributed by atoms with Gasteiger partial charge in [-0.1, -0.05) is 18.2 Å². The van der Waals surface area contributed by atoms with Gasteiger partial charge in [-0.3, -0.25) is 0 Å². The third-order valence-corrected chi connectivity index (χ3v) is 2.74. The van der Waals surface area contributed by atoms with Crippen LogP contribution in [0.2, 0.25) is 0 Å². The lowest BCUT2D eigenvalue weighted by molar-refractivity contribution is 0.0583. The van der Waals surface area contributed by atoms with Gasteiger partial charge in [-0.25, -0.2) is 14.4 Å². The van der Waals surface area contributed by atoms with E-state index in [-0.39, 0.29) is 6.54 Å². The van der Waals surface area contributed by atoms with Crippen LogP contribution in [-0.2, 0) is 4.74 Å². The Morgan fingerprint density at radius 2 is 2.00 bits per heavy atom. The lowest BCUT2D eigenvalue weighted by Gasteiger charge is -2.26. The number of hydrogen-bond acceptors (Lipinski definition) is 4. The van der Waals surface area contributed by atoms with E-state index in [4.69, 9.17) is 10.00 Å². The molecule has 0 saturated heterocycles. The molecule has 0 N–H and O–H groups in total. The molecule has 6 nitrogen and oxygen atoms in total. The fourth-order valence-electron chi connectivity index (χ4n) is 1.90. The number of anilines is 1. The van der Waals surface area contributed by atoms with Gasteiger partial charge in [0.25, 0.3) is 0 Å². The van der Waals surface area contributed by atoms with Crippen molar-refractivity contribution in [2.45, 2.75) is 26.4 Å². The van der Waals surface area contributed by atoms with E-state index < -0.39 is 11.7 Å². The number of carbonyl (C=O) groups is 1. The third kappa shape index (κ3) is 3.64. The van der Waals surface area contributed by atoms with Gasteiger partial charge in [0.15, 0.2) is 0 Å². The molecule has 0 spiro atoms. The summed E-state index contributed by atoms with van der Waals surface area (Å²) >= 11 is 0. The Labute approximate surface area is 129 Å². The van der Waals surface area contributed by atoms with Crippen molar-refractivity contribution in [1.82, 2.24) is 9.78 Å². The Balaban J connectivity index is 2.37. The van der Waals surface area contributed by atoms with Gasteiger partial charge in [0, 0.05) is 6.07 Å². The van der Waals surface area contributed by atoms with Crippen molar-refractivity contribution in [3.8, 4) is 11.8 Å². The lowest BCUT2D eigenvalue weighted by atomic mass is 10.2. The highest BCUT2D eigenvalue weighted by Crippen LogP contribution is 2.21. The van der Waals surface area contributed by atoms with E-state index in [1.165, 1.54) is 4.90 Å². The van der Waals surface area contributed by atoms with E-state index in [2.05, 4.69) is 5.10 Å². The average Bonchev–Trinajstić information content (AvgIpc) is 2.92. The van der Waals surface area contributed by atoms with Gasteiger partial charge in [0.1, 0.15) is 18.0 Å². The van der Waals surface area contributed by atoms with Crippen molar-refractivity contribution in [2.75, 3.05) is 11.4 Å². The first-order valence-electron chi connectivity index (χ1n) is 6.89. The van der Waals surface area contributed by atoms with E-state index in [1.807, 2.05) is 36.4 Å². The number of aromatic nitrogens is 2. The second-order valence-corrected chi connectivity index (χ2v) is 5.66. The highest BCUT2D eigenvalue weighted by molar-refractivity contribution is 5.87. The molecule has 0 saturated carbocycles. The third-order valence-electron chi connectivity index (χ3n) is 2.74. The van der Waals surface area contributed by atoms with Crippen LogP contribution in [-0.4, -0.2) is 28.0 Å². The average molecular weight is 298 g/mol. The van der Waals surface area contributed by atoms with Crippen LogP contribution in [0.25, 0.3) is 5.69 Å². The van der Waals surface area contributed by atoms with Crippen molar-refractivity contribution in [1.29, 1.82) is 5.26 Å². The molecule has 0 fully saturated rings. The Kier molecular flexibility index (Phi) is 4.47. The first-order valence-corrected chi connectivity index (χ1v) is 6.89. The smallest absolute Gasteiger partial charge is 0.416 e. The maximum absolute atomic E-state index is 12.3. The largest absolute Gasteiger partial charge is 0.443 e. The molecule has 0 unspecified atom stereocenters. The Morgan fingerprint density at radius 1 is 1.32 bits per heavy atom. The van der Waals surface area contributed by atoms with Gasteiger partial charge in [0.2, 0.25) is 0 Å². The number of rotatable bonds is 3. The van der Waals surface area contributed by atoms with Crippen LogP contribution in [0, 0.1) is 11.3 Å². The number of carbonyl (C=O) groups excluding carboxylic acids is 1. The molecular formula is C16H18N4O2. The zero-order chi connectivity index (χ0) is 16.2. The van der Waals surface area contributed by atoms with E-state index >= 15 is 0 Å². The molecule has 114 valence electrons. The number of benzene rings is 1. The molecule has 1 heterocycles. The predicted octanol–water partition coefficient (Wildman–Crippen LogP) is 3.14. The topological polar surface area (TPSA) is 71.2 Å². The molecule has 0 aliphatic heterocycles. The molecule has 2 aromatic rings. The Morgan fingerprint density at radius 3 is 2.59 bits per heavy atom. The summed E-state index contributed by atoms with van der Waals surface area (Å²) in [6, 6.07) is 13.1. The van der Waals surface area contributed by atoms with Crippen molar-refractivity contribution < 1.29 is 9.53 Å². The number of nitrogens with zero attached hydrogens (tertiary/aromatic N) is 4. The quantitative estimate of drug-likeness (QED) is 0.816. The molecule has 0 atom stereocenters. The van der Waals surface area contributed by atoms with Gasteiger partial charge in [-0.15, -0.1) is 0 Å². The normalized spacial score (nSPS) is 10.8. The zero-order valence-electron chi connectivity index (χ0n) is 12.9. The van der Waals surface area contributed by atoms with Crippen molar-refractivity contribution in [3.05, 3.63) is 42.6 Å². The molecule has 1 amide bonds. The minimum absolute atomic E-state index is 0.118. The second kappa shape index (κ2) is 6.31. The van der Waals surface area contributed by atoms with E-state index in [0.717, 1.165) is 5.69 Å². The van der Waals surface area contributed by atoms with Gasteiger partial charge in [-0.05, 0) is 32.9 Å². The van der Waals surface area contributed by atoms with Crippen LogP contribution in [0.1, 0.15) is 20.8 Å². The van der Waals surface area contributed by atoms with Crippen LogP contribution in [0.5, 0.6) is 0 Å². The molecule has 2 rings (SSSR count). The predicted molar refractivity (Wildman–Crippen MR) is 82.8 cm³/mol. The van der Waals surface area contributed by atoms with Crippen LogP contribution < -0.4 is 4.90 Å². The number of hydrogen-bond donors (Lipinski definition) is 0. The summed E-state index contributed by atoms with van der Waals surface area (Å²) in [5, 5.41) is 13.2. The summed E-state index contributed by atoms with van der Waals surface area (Å²) in [5.41, 5.74) is 0.163. The summed E-state index contributed by atoms with van der Waals surface area (Å²) in [7, 11) is 0. The van der Waals surface area contributed by atoms with Crippen LogP contribution in [0.15, 0.2) is 42.6 Å².